The van der Waals surface area contributed by atoms with E-state index in [1.807, 2.05) is 42.5 Å². The second-order valence-corrected chi connectivity index (χ2v) is 5.10. The monoisotopic (exact) mass is 305 g/mol. The van der Waals surface area contributed by atoms with E-state index in [9.17, 15) is 10.1 Å². The number of rotatable bonds is 4. The first kappa shape index (κ1) is 14.6. The maximum Gasteiger partial charge on any atom is 0.271 e. The second-order valence-electron chi connectivity index (χ2n) is 5.10. The Morgan fingerprint density at radius 2 is 1.52 bits per heavy atom. The zero-order chi connectivity index (χ0) is 16.2. The molecule has 0 fully saturated rings. The van der Waals surface area contributed by atoms with Gasteiger partial charge in [-0.05, 0) is 29.3 Å². The van der Waals surface area contributed by atoms with Crippen molar-refractivity contribution < 1.29 is 4.92 Å². The smallest absolute Gasteiger partial charge is 0.271 e. The van der Waals surface area contributed by atoms with Gasteiger partial charge in [-0.3, -0.25) is 10.1 Å². The van der Waals surface area contributed by atoms with Crippen LogP contribution in [-0.2, 0) is 0 Å². The van der Waals surface area contributed by atoms with Crippen molar-refractivity contribution in [1.82, 2.24) is 0 Å². The summed E-state index contributed by atoms with van der Waals surface area (Å²) in [6, 6.07) is 22.4. The summed E-state index contributed by atoms with van der Waals surface area (Å²) >= 11 is 0. The van der Waals surface area contributed by atoms with Gasteiger partial charge in [-0.15, -0.1) is 0 Å². The van der Waals surface area contributed by atoms with E-state index in [0.717, 1.165) is 16.8 Å². The molecule has 5 heteroatoms. The zero-order valence-electron chi connectivity index (χ0n) is 12.3. The first-order valence-electron chi connectivity index (χ1n) is 7.10. The number of nitro benzene ring substituents is 1. The van der Waals surface area contributed by atoms with E-state index in [1.165, 1.54) is 12.1 Å². The highest BCUT2D eigenvalue weighted by atomic mass is 16.6. The van der Waals surface area contributed by atoms with Gasteiger partial charge in [-0.25, -0.2) is 0 Å². The van der Waals surface area contributed by atoms with Crippen molar-refractivity contribution in [3.05, 3.63) is 82.9 Å². The molecule has 0 aliphatic rings. The Labute approximate surface area is 133 Å². The number of hydrogen-bond donors (Lipinski definition) is 2. The van der Waals surface area contributed by atoms with Crippen molar-refractivity contribution in [2.24, 2.45) is 0 Å². The first-order chi connectivity index (χ1) is 11.1. The van der Waals surface area contributed by atoms with E-state index in [1.54, 1.807) is 6.07 Å². The molecule has 0 saturated heterocycles. The molecule has 0 unspecified atom stereocenters. The van der Waals surface area contributed by atoms with Crippen LogP contribution < -0.4 is 11.1 Å². The summed E-state index contributed by atoms with van der Waals surface area (Å²) in [6.45, 7) is 0. The molecule has 3 aromatic carbocycles. The Kier molecular flexibility index (Phi) is 3.93. The number of nitrogens with two attached hydrogens (primary N) is 1. The van der Waals surface area contributed by atoms with Gasteiger partial charge in [0.05, 0.1) is 16.3 Å². The molecule has 3 aromatic rings. The van der Waals surface area contributed by atoms with E-state index in [0.29, 0.717) is 11.4 Å². The summed E-state index contributed by atoms with van der Waals surface area (Å²) in [4.78, 5) is 10.3. The Balaban J connectivity index is 1.80. The second kappa shape index (κ2) is 6.19. The van der Waals surface area contributed by atoms with Gasteiger partial charge in [0.2, 0.25) is 0 Å². The minimum absolute atomic E-state index is 0.0209. The highest BCUT2D eigenvalue weighted by Gasteiger charge is 2.08. The van der Waals surface area contributed by atoms with Crippen molar-refractivity contribution >= 4 is 22.7 Å². The molecule has 3 rings (SSSR count). The highest BCUT2D eigenvalue weighted by molar-refractivity contribution is 5.76. The maximum absolute atomic E-state index is 10.7. The predicted octanol–water partition coefficient (Wildman–Crippen LogP) is 4.59. The SMILES string of the molecule is Nc1cc([N+](=O)[O-])ccc1Nc1ccc(-c2ccccc2)cc1. The fourth-order valence-electron chi connectivity index (χ4n) is 2.31. The lowest BCUT2D eigenvalue weighted by Gasteiger charge is -2.10. The third-order valence-corrected chi connectivity index (χ3v) is 3.52. The number of nitrogen functional groups attached to an aromatic ring is 1. The summed E-state index contributed by atoms with van der Waals surface area (Å²) < 4.78 is 0. The molecule has 0 saturated carbocycles. The van der Waals surface area contributed by atoms with Crippen LogP contribution in [0.15, 0.2) is 72.8 Å². The van der Waals surface area contributed by atoms with Gasteiger partial charge in [0, 0.05) is 17.8 Å². The summed E-state index contributed by atoms with van der Waals surface area (Å²) in [5.74, 6) is 0. The molecular formula is C18H15N3O2. The fourth-order valence-corrected chi connectivity index (χ4v) is 2.31. The molecular weight excluding hydrogens is 290 g/mol. The fraction of sp³-hybridized carbons (Fsp3) is 0. The van der Waals surface area contributed by atoms with Gasteiger partial charge in [0.1, 0.15) is 0 Å². The van der Waals surface area contributed by atoms with Crippen LogP contribution in [0.3, 0.4) is 0 Å². The number of non-ortho nitro benzene ring substituents is 1. The van der Waals surface area contributed by atoms with Gasteiger partial charge in [-0.1, -0.05) is 42.5 Å². The third-order valence-electron chi connectivity index (χ3n) is 3.52. The van der Waals surface area contributed by atoms with E-state index >= 15 is 0 Å². The molecule has 0 amide bonds. The number of nitrogens with zero attached hydrogens (tertiary/aromatic N) is 1. The number of nitro groups is 1. The average Bonchev–Trinajstić information content (AvgIpc) is 2.58. The summed E-state index contributed by atoms with van der Waals surface area (Å²) in [5.41, 5.74) is 9.95. The van der Waals surface area contributed by atoms with Gasteiger partial charge in [0.15, 0.2) is 0 Å². The molecule has 114 valence electrons. The molecule has 0 bridgehead atoms. The lowest BCUT2D eigenvalue weighted by atomic mass is 10.1. The quantitative estimate of drug-likeness (QED) is 0.420. The number of hydrogen-bond acceptors (Lipinski definition) is 4. The molecule has 0 aliphatic heterocycles. The van der Waals surface area contributed by atoms with Crippen LogP contribution in [-0.4, -0.2) is 4.92 Å². The van der Waals surface area contributed by atoms with Crippen LogP contribution >= 0.6 is 0 Å². The Morgan fingerprint density at radius 1 is 0.870 bits per heavy atom. The molecule has 3 N–H and O–H groups in total. The lowest BCUT2D eigenvalue weighted by molar-refractivity contribution is -0.384. The van der Waals surface area contributed by atoms with Crippen LogP contribution in [0, 0.1) is 10.1 Å². The van der Waals surface area contributed by atoms with Gasteiger partial charge in [-0.2, -0.15) is 0 Å². The third kappa shape index (κ3) is 3.29. The van der Waals surface area contributed by atoms with Gasteiger partial charge >= 0.3 is 0 Å². The molecule has 0 heterocycles. The van der Waals surface area contributed by atoms with Crippen molar-refractivity contribution in [3.8, 4) is 11.1 Å². The number of nitrogens with one attached hydrogen (secondary N) is 1. The molecule has 5 nitrogen and oxygen atoms in total. The summed E-state index contributed by atoms with van der Waals surface area (Å²) in [6.07, 6.45) is 0. The zero-order valence-corrected chi connectivity index (χ0v) is 12.3. The molecule has 0 aliphatic carbocycles. The Bertz CT molecular complexity index is 831. The normalized spacial score (nSPS) is 10.3. The molecule has 0 spiro atoms. The lowest BCUT2D eigenvalue weighted by Crippen LogP contribution is -1.98. The minimum Gasteiger partial charge on any atom is -0.397 e. The Morgan fingerprint density at radius 3 is 2.13 bits per heavy atom. The Hall–Kier alpha value is -3.34. The van der Waals surface area contributed by atoms with Crippen molar-refractivity contribution in [1.29, 1.82) is 0 Å². The summed E-state index contributed by atoms with van der Waals surface area (Å²) in [7, 11) is 0. The van der Waals surface area contributed by atoms with Crippen LogP contribution in [0.5, 0.6) is 0 Å². The predicted molar refractivity (Wildman–Crippen MR) is 92.7 cm³/mol. The van der Waals surface area contributed by atoms with Gasteiger partial charge in [0.25, 0.3) is 5.69 Å². The largest absolute Gasteiger partial charge is 0.397 e. The van der Waals surface area contributed by atoms with Crippen molar-refractivity contribution in [3.63, 3.8) is 0 Å². The van der Waals surface area contributed by atoms with Crippen molar-refractivity contribution in [2.75, 3.05) is 11.1 Å². The molecule has 23 heavy (non-hydrogen) atoms. The highest BCUT2D eigenvalue weighted by Crippen LogP contribution is 2.28. The van der Waals surface area contributed by atoms with E-state index in [-0.39, 0.29) is 5.69 Å². The van der Waals surface area contributed by atoms with Crippen molar-refractivity contribution in [2.45, 2.75) is 0 Å². The minimum atomic E-state index is -0.463. The molecule has 0 aromatic heterocycles. The average molecular weight is 305 g/mol. The first-order valence-corrected chi connectivity index (χ1v) is 7.10. The maximum atomic E-state index is 10.7. The van der Waals surface area contributed by atoms with E-state index in [2.05, 4.69) is 17.4 Å². The standard InChI is InChI=1S/C18H15N3O2/c19-17-12-16(21(22)23)10-11-18(17)20-15-8-6-14(7-9-15)13-4-2-1-3-5-13/h1-12,20H,19H2. The van der Waals surface area contributed by atoms with Crippen LogP contribution in [0.25, 0.3) is 11.1 Å². The van der Waals surface area contributed by atoms with Crippen LogP contribution in [0.1, 0.15) is 0 Å². The van der Waals surface area contributed by atoms with Crippen LogP contribution in [0.4, 0.5) is 22.7 Å². The van der Waals surface area contributed by atoms with E-state index < -0.39 is 4.92 Å². The number of benzene rings is 3. The molecule has 0 atom stereocenters. The van der Waals surface area contributed by atoms with Crippen LogP contribution in [0.2, 0.25) is 0 Å². The summed E-state index contributed by atoms with van der Waals surface area (Å²) in [5, 5.41) is 13.9. The molecule has 0 radical (unpaired) electrons. The topological polar surface area (TPSA) is 81.2 Å². The number of anilines is 3. The van der Waals surface area contributed by atoms with Gasteiger partial charge < -0.3 is 11.1 Å². The van der Waals surface area contributed by atoms with E-state index in [4.69, 9.17) is 5.73 Å².